The Balaban J connectivity index is 2.39. The molecule has 0 radical (unpaired) electrons. The minimum atomic E-state index is -1.13. The maximum atomic E-state index is 13.0. The van der Waals surface area contributed by atoms with Crippen LogP contribution in [0.1, 0.15) is 24.9 Å². The summed E-state index contributed by atoms with van der Waals surface area (Å²) < 4.78 is 18.1. The monoisotopic (exact) mass is 281 g/mol. The van der Waals surface area contributed by atoms with Crippen LogP contribution >= 0.6 is 0 Å². The first-order chi connectivity index (χ1) is 9.54. The van der Waals surface area contributed by atoms with Gasteiger partial charge in [-0.1, -0.05) is 19.1 Å². The Hall–Kier alpha value is -1.95. The molecule has 1 aromatic carbocycles. The average molecular weight is 281 g/mol. The molecule has 2 rings (SSSR count). The molecule has 1 aromatic rings. The topological polar surface area (TPSA) is 66.8 Å². The Labute approximate surface area is 116 Å². The molecule has 108 valence electrons. The highest BCUT2D eigenvalue weighted by Crippen LogP contribution is 2.30. The summed E-state index contributed by atoms with van der Waals surface area (Å²) in [5, 5.41) is 9.26. The van der Waals surface area contributed by atoms with Gasteiger partial charge in [-0.25, -0.2) is 9.18 Å². The Bertz CT molecular complexity index is 502. The number of hydrogen-bond acceptors (Lipinski definition) is 3. The van der Waals surface area contributed by atoms with Crippen LogP contribution in [0.5, 0.6) is 0 Å². The van der Waals surface area contributed by atoms with Crippen LogP contribution in [-0.2, 0) is 14.3 Å². The number of carbonyl (C=O) groups excluding carboxylic acids is 1. The predicted molar refractivity (Wildman–Crippen MR) is 68.5 cm³/mol. The summed E-state index contributed by atoms with van der Waals surface area (Å²) in [7, 11) is 0. The Kier molecular flexibility index (Phi) is 4.34. The van der Waals surface area contributed by atoms with Crippen molar-refractivity contribution in [2.75, 3.05) is 13.2 Å². The smallest absolute Gasteiger partial charge is 0.335 e. The molecule has 0 bridgehead atoms. The zero-order valence-electron chi connectivity index (χ0n) is 11.1. The Morgan fingerprint density at radius 2 is 2.10 bits per heavy atom. The molecule has 20 heavy (non-hydrogen) atoms. The van der Waals surface area contributed by atoms with Crippen molar-refractivity contribution in [2.45, 2.75) is 25.5 Å². The number of carboxylic acids is 1. The Morgan fingerprint density at radius 1 is 1.45 bits per heavy atom. The molecule has 1 fully saturated rings. The van der Waals surface area contributed by atoms with Crippen molar-refractivity contribution in [1.29, 1.82) is 0 Å². The third-order valence-electron chi connectivity index (χ3n) is 3.25. The van der Waals surface area contributed by atoms with E-state index >= 15 is 0 Å². The fourth-order valence-corrected chi connectivity index (χ4v) is 2.38. The maximum Gasteiger partial charge on any atom is 0.335 e. The molecule has 6 heteroatoms. The molecule has 2 atom stereocenters. The summed E-state index contributed by atoms with van der Waals surface area (Å²) in [6.07, 6.45) is -0.430. The molecule has 1 heterocycles. The number of benzene rings is 1. The normalized spacial score (nSPS) is 22.9. The molecular formula is C14H16FNO4. The van der Waals surface area contributed by atoms with Gasteiger partial charge in [0.05, 0.1) is 6.04 Å². The van der Waals surface area contributed by atoms with Gasteiger partial charge in [0.2, 0.25) is 5.91 Å². The lowest BCUT2D eigenvalue weighted by atomic mass is 9.97. The number of carboxylic acid groups (broad SMARTS) is 1. The molecule has 0 saturated carbocycles. The SMILES string of the molecule is CCCN1C(=O)CO[C@H](C(=O)O)[C@H]1c1ccc(F)cc1. The van der Waals surface area contributed by atoms with Crippen molar-refractivity contribution >= 4 is 11.9 Å². The first-order valence-corrected chi connectivity index (χ1v) is 6.44. The largest absolute Gasteiger partial charge is 0.479 e. The molecular weight excluding hydrogens is 265 g/mol. The second kappa shape index (κ2) is 6.00. The highest BCUT2D eigenvalue weighted by molar-refractivity contribution is 5.83. The third kappa shape index (κ3) is 2.80. The van der Waals surface area contributed by atoms with Gasteiger partial charge in [-0.3, -0.25) is 4.79 Å². The maximum absolute atomic E-state index is 13.0. The van der Waals surface area contributed by atoms with Crippen molar-refractivity contribution in [3.05, 3.63) is 35.6 Å². The number of carbonyl (C=O) groups is 2. The lowest BCUT2D eigenvalue weighted by Crippen LogP contribution is -2.52. The van der Waals surface area contributed by atoms with Crippen LogP contribution in [0.15, 0.2) is 24.3 Å². The van der Waals surface area contributed by atoms with Crippen LogP contribution in [-0.4, -0.2) is 41.1 Å². The molecule has 1 amide bonds. The van der Waals surface area contributed by atoms with E-state index in [9.17, 15) is 19.1 Å². The summed E-state index contributed by atoms with van der Waals surface area (Å²) >= 11 is 0. The van der Waals surface area contributed by atoms with E-state index in [0.29, 0.717) is 18.5 Å². The van der Waals surface area contributed by atoms with E-state index < -0.39 is 23.9 Å². The first kappa shape index (κ1) is 14.5. The zero-order valence-corrected chi connectivity index (χ0v) is 11.1. The Morgan fingerprint density at radius 3 is 2.65 bits per heavy atom. The number of halogens is 1. The summed E-state index contributed by atoms with van der Waals surface area (Å²) in [6.45, 7) is 2.10. The second-order valence-electron chi connectivity index (χ2n) is 4.65. The predicted octanol–water partition coefficient (Wildman–Crippen LogP) is 1.59. The highest BCUT2D eigenvalue weighted by Gasteiger charge is 2.41. The van der Waals surface area contributed by atoms with Crippen LogP contribution in [0.3, 0.4) is 0 Å². The number of ether oxygens (including phenoxy) is 1. The summed E-state index contributed by atoms with van der Waals surface area (Å²) in [5.41, 5.74) is 0.556. The molecule has 5 nitrogen and oxygen atoms in total. The summed E-state index contributed by atoms with van der Waals surface area (Å²) in [5.74, 6) is -1.79. The van der Waals surface area contributed by atoms with Crippen LogP contribution in [0.2, 0.25) is 0 Å². The molecule has 0 unspecified atom stereocenters. The zero-order chi connectivity index (χ0) is 14.7. The van der Waals surface area contributed by atoms with Gasteiger partial charge in [0, 0.05) is 6.54 Å². The minimum Gasteiger partial charge on any atom is -0.479 e. The van der Waals surface area contributed by atoms with Crippen LogP contribution in [0.25, 0.3) is 0 Å². The van der Waals surface area contributed by atoms with Crippen LogP contribution in [0.4, 0.5) is 4.39 Å². The number of aliphatic carboxylic acids is 1. The molecule has 1 saturated heterocycles. The standard InChI is InChI=1S/C14H16FNO4/c1-2-7-16-11(17)8-20-13(14(18)19)12(16)9-3-5-10(15)6-4-9/h3-6,12-13H,2,7-8H2,1H3,(H,18,19)/t12-,13+/m1/s1. The number of amides is 1. The van der Waals surface area contributed by atoms with Crippen molar-refractivity contribution < 1.29 is 23.8 Å². The van der Waals surface area contributed by atoms with E-state index in [1.54, 1.807) is 0 Å². The van der Waals surface area contributed by atoms with Gasteiger partial charge in [-0.05, 0) is 24.1 Å². The van der Waals surface area contributed by atoms with Gasteiger partial charge in [0.15, 0.2) is 6.10 Å². The number of hydrogen-bond donors (Lipinski definition) is 1. The van der Waals surface area contributed by atoms with E-state index in [2.05, 4.69) is 0 Å². The summed E-state index contributed by atoms with van der Waals surface area (Å²) in [6, 6.07) is 4.74. The third-order valence-corrected chi connectivity index (χ3v) is 3.25. The van der Waals surface area contributed by atoms with Gasteiger partial charge in [0.1, 0.15) is 12.4 Å². The molecule has 1 aliphatic heterocycles. The minimum absolute atomic E-state index is 0.241. The van der Waals surface area contributed by atoms with Crippen LogP contribution < -0.4 is 0 Å². The fraction of sp³-hybridized carbons (Fsp3) is 0.429. The average Bonchev–Trinajstić information content (AvgIpc) is 2.42. The molecule has 1 N–H and O–H groups in total. The van der Waals surface area contributed by atoms with E-state index in [1.807, 2.05) is 6.92 Å². The molecule has 0 spiro atoms. The lowest BCUT2D eigenvalue weighted by molar-refractivity contribution is -0.173. The lowest BCUT2D eigenvalue weighted by Gasteiger charge is -2.39. The van der Waals surface area contributed by atoms with Gasteiger partial charge < -0.3 is 14.7 Å². The molecule has 1 aliphatic rings. The van der Waals surface area contributed by atoms with Crippen molar-refractivity contribution in [3.8, 4) is 0 Å². The highest BCUT2D eigenvalue weighted by atomic mass is 19.1. The van der Waals surface area contributed by atoms with Gasteiger partial charge >= 0.3 is 5.97 Å². The number of morpholine rings is 1. The molecule has 0 aliphatic carbocycles. The number of nitrogens with zero attached hydrogens (tertiary/aromatic N) is 1. The van der Waals surface area contributed by atoms with E-state index in [4.69, 9.17) is 4.74 Å². The second-order valence-corrected chi connectivity index (χ2v) is 4.65. The quantitative estimate of drug-likeness (QED) is 0.910. The van der Waals surface area contributed by atoms with Crippen molar-refractivity contribution in [1.82, 2.24) is 4.90 Å². The van der Waals surface area contributed by atoms with Crippen molar-refractivity contribution in [3.63, 3.8) is 0 Å². The van der Waals surface area contributed by atoms with Gasteiger partial charge in [-0.2, -0.15) is 0 Å². The fourth-order valence-electron chi connectivity index (χ4n) is 2.38. The van der Waals surface area contributed by atoms with Crippen molar-refractivity contribution in [2.24, 2.45) is 0 Å². The van der Waals surface area contributed by atoms with Crippen LogP contribution in [0, 0.1) is 5.82 Å². The van der Waals surface area contributed by atoms with Gasteiger partial charge in [-0.15, -0.1) is 0 Å². The van der Waals surface area contributed by atoms with Gasteiger partial charge in [0.25, 0.3) is 0 Å². The van der Waals surface area contributed by atoms with E-state index in [1.165, 1.54) is 29.2 Å². The number of rotatable bonds is 4. The molecule has 0 aromatic heterocycles. The summed E-state index contributed by atoms with van der Waals surface area (Å²) in [4.78, 5) is 24.8. The van der Waals surface area contributed by atoms with E-state index in [0.717, 1.165) is 0 Å². The first-order valence-electron chi connectivity index (χ1n) is 6.44. The van der Waals surface area contributed by atoms with E-state index in [-0.39, 0.29) is 12.5 Å².